The highest BCUT2D eigenvalue weighted by atomic mass is 16.4. The molecule has 1 aliphatic heterocycles. The molecule has 1 aliphatic rings. The lowest BCUT2D eigenvalue weighted by atomic mass is 10.0. The molecule has 0 spiro atoms. The number of piperidine rings is 1. The smallest absolute Gasteiger partial charge is 0.338 e. The Bertz CT molecular complexity index is 1270. The Labute approximate surface area is 173 Å². The second-order valence-electron chi connectivity index (χ2n) is 7.79. The van der Waals surface area contributed by atoms with Gasteiger partial charge in [-0.3, -0.25) is 4.90 Å². The zero-order valence-corrected chi connectivity index (χ0v) is 16.6. The Hall–Kier alpha value is -3.38. The van der Waals surface area contributed by atoms with Crippen LogP contribution in [0.5, 0.6) is 0 Å². The van der Waals surface area contributed by atoms with Crippen LogP contribution in [0.15, 0.2) is 69.1 Å². The first kappa shape index (κ1) is 18.6. The van der Waals surface area contributed by atoms with E-state index in [2.05, 4.69) is 33.9 Å². The number of fused-ring (bicyclic) bond motifs is 2. The van der Waals surface area contributed by atoms with Crippen molar-refractivity contribution in [1.29, 1.82) is 0 Å². The predicted molar refractivity (Wildman–Crippen MR) is 119 cm³/mol. The van der Waals surface area contributed by atoms with Crippen molar-refractivity contribution in [3.8, 4) is 0 Å². The van der Waals surface area contributed by atoms with Crippen LogP contribution in [0.3, 0.4) is 0 Å². The molecule has 5 rings (SSSR count). The van der Waals surface area contributed by atoms with Crippen molar-refractivity contribution in [1.82, 2.24) is 9.88 Å². The second-order valence-corrected chi connectivity index (χ2v) is 7.79. The highest BCUT2D eigenvalue weighted by Gasteiger charge is 2.20. The first-order chi connectivity index (χ1) is 14.7. The third-order valence-electron chi connectivity index (χ3n) is 5.75. The van der Waals surface area contributed by atoms with Gasteiger partial charge < -0.3 is 14.2 Å². The van der Waals surface area contributed by atoms with Crippen molar-refractivity contribution in [2.24, 2.45) is 0 Å². The number of anilines is 1. The van der Waals surface area contributed by atoms with Gasteiger partial charge in [0.1, 0.15) is 11.1 Å². The van der Waals surface area contributed by atoms with Gasteiger partial charge in [0.2, 0.25) is 0 Å². The van der Waals surface area contributed by atoms with Crippen LogP contribution in [-0.2, 0) is 6.54 Å². The van der Waals surface area contributed by atoms with Gasteiger partial charge in [0.25, 0.3) is 0 Å². The van der Waals surface area contributed by atoms with E-state index in [0.29, 0.717) is 11.6 Å². The lowest BCUT2D eigenvalue weighted by Crippen LogP contribution is -2.38. The molecular formula is C24H23N3O3. The van der Waals surface area contributed by atoms with Gasteiger partial charge in [-0.25, -0.2) is 9.78 Å². The molecule has 0 saturated carbocycles. The molecule has 0 radical (unpaired) electrons. The number of benzene rings is 2. The molecule has 152 valence electrons. The lowest BCUT2D eigenvalue weighted by Gasteiger charge is -2.33. The average Bonchev–Trinajstić information content (AvgIpc) is 3.23. The number of aromatic nitrogens is 1. The molecule has 4 aromatic rings. The summed E-state index contributed by atoms with van der Waals surface area (Å²) in [4.78, 5) is 18.7. The monoisotopic (exact) mass is 401 g/mol. The van der Waals surface area contributed by atoms with Gasteiger partial charge in [0.05, 0.1) is 5.69 Å². The molecule has 3 heterocycles. The minimum Gasteiger partial charge on any atom is -0.443 e. The number of likely N-dealkylation sites (tertiary alicyclic amines) is 1. The summed E-state index contributed by atoms with van der Waals surface area (Å²) in [5.74, 6) is 0. The zero-order chi connectivity index (χ0) is 20.5. The van der Waals surface area contributed by atoms with E-state index in [-0.39, 0.29) is 5.63 Å². The van der Waals surface area contributed by atoms with Crippen molar-refractivity contribution in [2.75, 3.05) is 18.4 Å². The Morgan fingerprint density at radius 2 is 1.97 bits per heavy atom. The molecule has 0 bridgehead atoms. The van der Waals surface area contributed by atoms with Crippen molar-refractivity contribution < 1.29 is 8.83 Å². The molecule has 6 heteroatoms. The molecule has 0 unspecified atom stereocenters. The third-order valence-corrected chi connectivity index (χ3v) is 5.75. The summed E-state index contributed by atoms with van der Waals surface area (Å²) in [5.41, 5.74) is 5.05. The van der Waals surface area contributed by atoms with Crippen LogP contribution in [0, 0.1) is 0 Å². The Morgan fingerprint density at radius 3 is 2.80 bits per heavy atom. The fourth-order valence-corrected chi connectivity index (χ4v) is 4.14. The standard InChI is InChI=1S/C24H23N3O3/c1-2-16-3-5-22-19(11-16)20(13-24(28)30-22)26-18-7-9-27(10-8-18)14-17-4-6-23-21(12-17)25-15-29-23/h2-6,11-13,15,18,26H,1,7-10,14H2. The fraction of sp³-hybridized carbons (Fsp3) is 0.250. The summed E-state index contributed by atoms with van der Waals surface area (Å²) < 4.78 is 10.7. The molecule has 1 N–H and O–H groups in total. The molecule has 6 nitrogen and oxygen atoms in total. The summed E-state index contributed by atoms with van der Waals surface area (Å²) in [7, 11) is 0. The number of hydrogen-bond donors (Lipinski definition) is 1. The van der Waals surface area contributed by atoms with E-state index in [9.17, 15) is 4.79 Å². The minimum atomic E-state index is -0.336. The number of nitrogens with one attached hydrogen (secondary N) is 1. The number of oxazole rings is 1. The van der Waals surface area contributed by atoms with Crippen molar-refractivity contribution >= 4 is 33.8 Å². The van der Waals surface area contributed by atoms with Gasteiger partial charge in [-0.15, -0.1) is 0 Å². The number of hydrogen-bond acceptors (Lipinski definition) is 6. The van der Waals surface area contributed by atoms with E-state index in [0.717, 1.165) is 60.2 Å². The quantitative estimate of drug-likeness (QED) is 0.491. The van der Waals surface area contributed by atoms with Crippen LogP contribution in [0.25, 0.3) is 28.1 Å². The van der Waals surface area contributed by atoms with E-state index in [1.165, 1.54) is 12.0 Å². The summed E-state index contributed by atoms with van der Waals surface area (Å²) in [6.07, 6.45) is 5.30. The Morgan fingerprint density at radius 1 is 1.13 bits per heavy atom. The third kappa shape index (κ3) is 3.74. The van der Waals surface area contributed by atoms with Crippen molar-refractivity contribution in [3.63, 3.8) is 0 Å². The molecule has 1 fully saturated rings. The Kier molecular flexibility index (Phi) is 4.85. The maximum Gasteiger partial charge on any atom is 0.338 e. The van der Waals surface area contributed by atoms with E-state index in [1.54, 1.807) is 12.1 Å². The summed E-state index contributed by atoms with van der Waals surface area (Å²) >= 11 is 0. The number of nitrogens with zero attached hydrogens (tertiary/aromatic N) is 2. The van der Waals surface area contributed by atoms with E-state index in [1.807, 2.05) is 24.3 Å². The normalized spacial score (nSPS) is 15.6. The van der Waals surface area contributed by atoms with Crippen LogP contribution < -0.4 is 10.9 Å². The van der Waals surface area contributed by atoms with Crippen molar-refractivity contribution in [3.05, 3.63) is 77.0 Å². The molecule has 2 aromatic carbocycles. The minimum absolute atomic E-state index is 0.316. The topological polar surface area (TPSA) is 71.5 Å². The molecule has 2 aromatic heterocycles. The van der Waals surface area contributed by atoms with Crippen LogP contribution in [0.2, 0.25) is 0 Å². The van der Waals surface area contributed by atoms with Crippen LogP contribution in [0.4, 0.5) is 5.69 Å². The zero-order valence-electron chi connectivity index (χ0n) is 16.6. The highest BCUT2D eigenvalue weighted by molar-refractivity contribution is 5.91. The largest absolute Gasteiger partial charge is 0.443 e. The maximum atomic E-state index is 12.0. The van der Waals surface area contributed by atoms with E-state index < -0.39 is 0 Å². The summed E-state index contributed by atoms with van der Waals surface area (Å²) in [5, 5.41) is 4.49. The van der Waals surface area contributed by atoms with Crippen LogP contribution in [-0.4, -0.2) is 29.0 Å². The molecule has 0 aliphatic carbocycles. The highest BCUT2D eigenvalue weighted by Crippen LogP contribution is 2.26. The molecule has 30 heavy (non-hydrogen) atoms. The van der Waals surface area contributed by atoms with Gasteiger partial charge in [0, 0.05) is 37.1 Å². The van der Waals surface area contributed by atoms with E-state index in [4.69, 9.17) is 8.83 Å². The van der Waals surface area contributed by atoms with Crippen LogP contribution >= 0.6 is 0 Å². The van der Waals surface area contributed by atoms with Crippen LogP contribution in [0.1, 0.15) is 24.0 Å². The fourth-order valence-electron chi connectivity index (χ4n) is 4.14. The SMILES string of the molecule is C=Cc1ccc2oc(=O)cc(NC3CCN(Cc4ccc5ocnc5c4)CC3)c2c1. The first-order valence-corrected chi connectivity index (χ1v) is 10.2. The summed E-state index contributed by atoms with van der Waals surface area (Å²) in [6.45, 7) is 6.71. The predicted octanol–water partition coefficient (Wildman–Crippen LogP) is 4.65. The Balaban J connectivity index is 1.27. The molecule has 0 amide bonds. The summed E-state index contributed by atoms with van der Waals surface area (Å²) in [6, 6.07) is 13.8. The van der Waals surface area contributed by atoms with Gasteiger partial charge in [-0.05, 0) is 48.2 Å². The van der Waals surface area contributed by atoms with Gasteiger partial charge in [-0.1, -0.05) is 24.8 Å². The van der Waals surface area contributed by atoms with Gasteiger partial charge in [0.15, 0.2) is 12.0 Å². The maximum absolute atomic E-state index is 12.0. The molecule has 1 saturated heterocycles. The van der Waals surface area contributed by atoms with E-state index >= 15 is 0 Å². The average molecular weight is 401 g/mol. The van der Waals surface area contributed by atoms with Crippen molar-refractivity contribution in [2.45, 2.75) is 25.4 Å². The molecule has 0 atom stereocenters. The lowest BCUT2D eigenvalue weighted by molar-refractivity contribution is 0.211. The van der Waals surface area contributed by atoms with Gasteiger partial charge >= 0.3 is 5.63 Å². The van der Waals surface area contributed by atoms with Gasteiger partial charge in [-0.2, -0.15) is 0 Å². The first-order valence-electron chi connectivity index (χ1n) is 10.2. The molecular weight excluding hydrogens is 378 g/mol. The number of rotatable bonds is 5. The second kappa shape index (κ2) is 7.80.